The molecule has 6 nitrogen and oxygen atoms in total. The maximum absolute atomic E-state index is 12.6. The molecule has 0 unspecified atom stereocenters. The molecule has 2 aromatic heterocycles. The number of nitrogens with zero attached hydrogens (tertiary/aromatic N) is 3. The molecule has 3 rings (SSSR count). The average molecular weight is 417 g/mol. The summed E-state index contributed by atoms with van der Waals surface area (Å²) in [5.74, 6) is 0. The molecule has 1 aromatic carbocycles. The summed E-state index contributed by atoms with van der Waals surface area (Å²) in [6, 6.07) is 3.83. The number of rotatable bonds is 8. The number of hydrogen-bond donors (Lipinski definition) is 1. The third-order valence-corrected chi connectivity index (χ3v) is 8.40. The van der Waals surface area contributed by atoms with E-state index in [1.807, 2.05) is 32.2 Å². The van der Waals surface area contributed by atoms with Gasteiger partial charge < -0.3 is 0 Å². The van der Waals surface area contributed by atoms with E-state index < -0.39 is 10.2 Å². The molecule has 0 amide bonds. The van der Waals surface area contributed by atoms with Crippen molar-refractivity contribution in [2.45, 2.75) is 31.0 Å². The predicted octanol–water partition coefficient (Wildman–Crippen LogP) is 4.41. The second-order valence-corrected chi connectivity index (χ2v) is 10.2. The Morgan fingerprint density at radius 1 is 1.08 bits per heavy atom. The van der Waals surface area contributed by atoms with Crippen molar-refractivity contribution in [2.24, 2.45) is 0 Å². The van der Waals surface area contributed by atoms with Crippen LogP contribution in [0.3, 0.4) is 0 Å². The van der Waals surface area contributed by atoms with E-state index in [1.165, 1.54) is 15.6 Å². The fraction of sp³-hybridized carbons (Fsp3) is 0.467. The Balaban J connectivity index is 1.96. The molecular weight excluding hydrogens is 396 g/mol. The summed E-state index contributed by atoms with van der Waals surface area (Å²) in [5, 5.41) is 0.402. The maximum Gasteiger partial charge on any atom is 0.303 e. The molecule has 136 valence electrons. The van der Waals surface area contributed by atoms with Crippen LogP contribution in [0.1, 0.15) is 26.7 Å². The molecule has 0 fully saturated rings. The lowest BCUT2D eigenvalue weighted by Gasteiger charge is -2.20. The van der Waals surface area contributed by atoms with Gasteiger partial charge in [-0.15, -0.1) is 11.3 Å². The lowest BCUT2D eigenvalue weighted by molar-refractivity contribution is 0.413. The monoisotopic (exact) mass is 416 g/mol. The van der Waals surface area contributed by atoms with Crippen molar-refractivity contribution in [3.63, 3.8) is 0 Å². The van der Waals surface area contributed by atoms with Crippen LogP contribution in [0.4, 0.5) is 5.13 Å². The normalized spacial score (nSPS) is 12.5. The van der Waals surface area contributed by atoms with E-state index in [0.717, 1.165) is 37.6 Å². The van der Waals surface area contributed by atoms with Crippen LogP contribution in [0.2, 0.25) is 0 Å². The first-order valence-electron chi connectivity index (χ1n) is 8.00. The Morgan fingerprint density at radius 3 is 2.28 bits per heavy atom. The lowest BCUT2D eigenvalue weighted by Crippen LogP contribution is -2.37. The van der Waals surface area contributed by atoms with Crippen LogP contribution >= 0.6 is 34.4 Å². The van der Waals surface area contributed by atoms with Crippen molar-refractivity contribution in [3.05, 3.63) is 12.1 Å². The third-order valence-electron chi connectivity index (χ3n) is 3.57. The van der Waals surface area contributed by atoms with Crippen LogP contribution in [-0.2, 0) is 10.2 Å². The molecule has 0 aliphatic carbocycles. The van der Waals surface area contributed by atoms with Crippen molar-refractivity contribution < 1.29 is 8.42 Å². The van der Waals surface area contributed by atoms with Crippen LogP contribution in [0.15, 0.2) is 16.5 Å². The summed E-state index contributed by atoms with van der Waals surface area (Å²) in [5.41, 5.74) is 1.72. The molecule has 0 bridgehead atoms. The highest BCUT2D eigenvalue weighted by Crippen LogP contribution is 2.38. The molecule has 0 atom stereocenters. The first kappa shape index (κ1) is 18.8. The van der Waals surface area contributed by atoms with Crippen LogP contribution in [0, 0.1) is 0 Å². The van der Waals surface area contributed by atoms with Crippen molar-refractivity contribution in [1.82, 2.24) is 14.3 Å². The Morgan fingerprint density at radius 2 is 1.68 bits per heavy atom. The summed E-state index contributed by atoms with van der Waals surface area (Å²) in [7, 11) is -3.59. The number of benzene rings is 1. The largest absolute Gasteiger partial charge is 0.303 e. The third kappa shape index (κ3) is 3.92. The Hall–Kier alpha value is -0.940. The van der Waals surface area contributed by atoms with Crippen molar-refractivity contribution in [2.75, 3.05) is 24.1 Å². The van der Waals surface area contributed by atoms with Crippen molar-refractivity contribution >= 4 is 70.2 Å². The Kier molecular flexibility index (Phi) is 5.84. The number of aromatic nitrogens is 2. The van der Waals surface area contributed by atoms with E-state index >= 15 is 0 Å². The Labute approximate surface area is 159 Å². The predicted molar refractivity (Wildman–Crippen MR) is 109 cm³/mol. The molecule has 3 aromatic rings. The standard InChI is InChI=1S/C15H20N4O2S4/c1-4-8-19(9-5-2)25(20,21)18-14-16-10-6-7-11-13(12(10)23-14)24-15(17-11)22-3/h6-7H,4-5,8-9H2,1-3H3,(H,16,18). The second kappa shape index (κ2) is 7.75. The summed E-state index contributed by atoms with van der Waals surface area (Å²) in [4.78, 5) is 9.02. The minimum Gasteiger partial charge on any atom is -0.246 e. The number of nitrogens with one attached hydrogen (secondary N) is 1. The molecule has 0 spiro atoms. The molecular formula is C15H20N4O2S4. The van der Waals surface area contributed by atoms with E-state index in [4.69, 9.17) is 0 Å². The zero-order valence-corrected chi connectivity index (χ0v) is 17.5. The number of thioether (sulfide) groups is 1. The molecule has 25 heavy (non-hydrogen) atoms. The molecule has 0 aliphatic heterocycles. The van der Waals surface area contributed by atoms with Gasteiger partial charge in [0.1, 0.15) is 0 Å². The minimum atomic E-state index is -3.59. The molecule has 0 saturated carbocycles. The van der Waals surface area contributed by atoms with Gasteiger partial charge in [0.25, 0.3) is 0 Å². The fourth-order valence-corrected chi connectivity index (χ4v) is 6.74. The van der Waals surface area contributed by atoms with Crippen LogP contribution in [-0.4, -0.2) is 42.0 Å². The topological polar surface area (TPSA) is 75.2 Å². The van der Waals surface area contributed by atoms with Gasteiger partial charge in [-0.05, 0) is 31.2 Å². The number of hydrogen-bond acceptors (Lipinski definition) is 7. The number of thiazole rings is 2. The van der Waals surface area contributed by atoms with Gasteiger partial charge in [0.05, 0.1) is 20.4 Å². The highest BCUT2D eigenvalue weighted by Gasteiger charge is 2.22. The summed E-state index contributed by atoms with van der Waals surface area (Å²) < 4.78 is 32.4. The fourth-order valence-electron chi connectivity index (χ4n) is 2.51. The van der Waals surface area contributed by atoms with Gasteiger partial charge in [-0.3, -0.25) is 0 Å². The van der Waals surface area contributed by atoms with E-state index in [1.54, 1.807) is 23.1 Å². The van der Waals surface area contributed by atoms with E-state index in [2.05, 4.69) is 14.7 Å². The van der Waals surface area contributed by atoms with Crippen LogP contribution < -0.4 is 4.72 Å². The van der Waals surface area contributed by atoms with Gasteiger partial charge in [0.15, 0.2) is 9.47 Å². The van der Waals surface area contributed by atoms with E-state index in [-0.39, 0.29) is 0 Å². The van der Waals surface area contributed by atoms with Gasteiger partial charge >= 0.3 is 10.2 Å². The highest BCUT2D eigenvalue weighted by atomic mass is 32.2. The zero-order chi connectivity index (χ0) is 18.0. The SMILES string of the molecule is CCCN(CCC)S(=O)(=O)Nc1nc2ccc3nc(SC)sc3c2s1. The van der Waals surface area contributed by atoms with Gasteiger partial charge in [0.2, 0.25) is 0 Å². The molecule has 10 heteroatoms. The molecule has 1 N–H and O–H groups in total. The van der Waals surface area contributed by atoms with Crippen molar-refractivity contribution in [1.29, 1.82) is 0 Å². The van der Waals surface area contributed by atoms with Crippen LogP contribution in [0.25, 0.3) is 20.4 Å². The highest BCUT2D eigenvalue weighted by molar-refractivity contribution is 8.00. The lowest BCUT2D eigenvalue weighted by atomic mass is 10.3. The maximum atomic E-state index is 12.6. The zero-order valence-electron chi connectivity index (χ0n) is 14.3. The summed E-state index contributed by atoms with van der Waals surface area (Å²) in [6.45, 7) is 4.95. The summed E-state index contributed by atoms with van der Waals surface area (Å²) in [6.07, 6.45) is 3.55. The number of fused-ring (bicyclic) bond motifs is 3. The Bertz CT molecular complexity index is 974. The van der Waals surface area contributed by atoms with Crippen molar-refractivity contribution in [3.8, 4) is 0 Å². The molecule has 2 heterocycles. The van der Waals surface area contributed by atoms with E-state index in [9.17, 15) is 8.42 Å². The first-order chi connectivity index (χ1) is 12.0. The quantitative estimate of drug-likeness (QED) is 0.551. The van der Waals surface area contributed by atoms with Gasteiger partial charge in [-0.1, -0.05) is 36.9 Å². The molecule has 0 radical (unpaired) electrons. The second-order valence-electron chi connectivity index (χ2n) is 5.47. The van der Waals surface area contributed by atoms with Crippen LogP contribution in [0.5, 0.6) is 0 Å². The molecule has 0 saturated heterocycles. The summed E-state index contributed by atoms with van der Waals surface area (Å²) >= 11 is 4.59. The molecule has 0 aliphatic rings. The average Bonchev–Trinajstić information content (AvgIpc) is 3.16. The minimum absolute atomic E-state index is 0.402. The number of anilines is 1. The smallest absolute Gasteiger partial charge is 0.246 e. The van der Waals surface area contributed by atoms with Gasteiger partial charge in [-0.2, -0.15) is 12.7 Å². The first-order valence-corrected chi connectivity index (χ1v) is 12.3. The van der Waals surface area contributed by atoms with Gasteiger partial charge in [-0.25, -0.2) is 14.7 Å². The van der Waals surface area contributed by atoms with Gasteiger partial charge in [0, 0.05) is 13.1 Å². The van der Waals surface area contributed by atoms with E-state index in [0.29, 0.717) is 18.2 Å².